The van der Waals surface area contributed by atoms with Gasteiger partial charge in [-0.2, -0.15) is 0 Å². The first-order valence-corrected chi connectivity index (χ1v) is 7.24. The second-order valence-electron chi connectivity index (χ2n) is 4.93. The standard InChI is InChI=1S/C13H18N4S/c1-8(17-5-3-4-6-17)11-10(14)7-15-13-12(11)16-9(2)18-13/h7-8H,3-6,14H2,1-2H3. The number of pyridine rings is 1. The van der Waals surface area contributed by atoms with Crippen molar-refractivity contribution in [2.75, 3.05) is 18.8 Å². The van der Waals surface area contributed by atoms with Gasteiger partial charge in [-0.05, 0) is 39.8 Å². The van der Waals surface area contributed by atoms with E-state index >= 15 is 0 Å². The van der Waals surface area contributed by atoms with Gasteiger partial charge in [0.2, 0.25) is 0 Å². The number of fused-ring (bicyclic) bond motifs is 1. The third-order valence-corrected chi connectivity index (χ3v) is 4.59. The van der Waals surface area contributed by atoms with Crippen molar-refractivity contribution in [1.82, 2.24) is 14.9 Å². The lowest BCUT2D eigenvalue weighted by atomic mass is 10.1. The predicted molar refractivity (Wildman–Crippen MR) is 75.8 cm³/mol. The number of thiazole rings is 1. The lowest BCUT2D eigenvalue weighted by molar-refractivity contribution is 0.265. The zero-order valence-electron chi connectivity index (χ0n) is 10.8. The summed E-state index contributed by atoms with van der Waals surface area (Å²) in [6.45, 7) is 6.57. The van der Waals surface area contributed by atoms with Gasteiger partial charge in [0.1, 0.15) is 10.3 Å². The van der Waals surface area contributed by atoms with Crippen molar-refractivity contribution < 1.29 is 0 Å². The number of aryl methyl sites for hydroxylation is 1. The van der Waals surface area contributed by atoms with Crippen molar-refractivity contribution in [3.05, 3.63) is 16.8 Å². The topological polar surface area (TPSA) is 55.0 Å². The SMILES string of the molecule is Cc1nc2c(C(C)N3CCCC3)c(N)cnc2s1. The smallest absolute Gasteiger partial charge is 0.143 e. The third kappa shape index (κ3) is 1.87. The number of likely N-dealkylation sites (tertiary alicyclic amines) is 1. The molecule has 0 saturated carbocycles. The highest BCUT2D eigenvalue weighted by Gasteiger charge is 2.24. The van der Waals surface area contributed by atoms with Crippen molar-refractivity contribution >= 4 is 27.4 Å². The zero-order valence-corrected chi connectivity index (χ0v) is 11.6. The lowest BCUT2D eigenvalue weighted by Gasteiger charge is -2.25. The average Bonchev–Trinajstić information content (AvgIpc) is 2.95. The fraction of sp³-hybridized carbons (Fsp3) is 0.538. The number of aromatic nitrogens is 2. The minimum Gasteiger partial charge on any atom is -0.397 e. The molecule has 1 unspecified atom stereocenters. The second-order valence-corrected chi connectivity index (χ2v) is 6.11. The maximum absolute atomic E-state index is 6.14. The Balaban J connectivity index is 2.11. The molecule has 18 heavy (non-hydrogen) atoms. The number of rotatable bonds is 2. The summed E-state index contributed by atoms with van der Waals surface area (Å²) in [4.78, 5) is 12.5. The number of nitrogen functional groups attached to an aromatic ring is 1. The number of anilines is 1. The van der Waals surface area contributed by atoms with Crippen LogP contribution >= 0.6 is 11.3 Å². The Morgan fingerprint density at radius 2 is 2.11 bits per heavy atom. The summed E-state index contributed by atoms with van der Waals surface area (Å²) in [5.41, 5.74) is 9.07. The summed E-state index contributed by atoms with van der Waals surface area (Å²) < 4.78 is 0. The summed E-state index contributed by atoms with van der Waals surface area (Å²) in [6.07, 6.45) is 4.35. The van der Waals surface area contributed by atoms with Crippen LogP contribution in [0, 0.1) is 6.92 Å². The fourth-order valence-electron chi connectivity index (χ4n) is 2.76. The maximum Gasteiger partial charge on any atom is 0.143 e. The van der Waals surface area contributed by atoms with E-state index in [4.69, 9.17) is 5.73 Å². The Morgan fingerprint density at radius 3 is 2.83 bits per heavy atom. The van der Waals surface area contributed by atoms with Gasteiger partial charge in [0.05, 0.1) is 16.9 Å². The van der Waals surface area contributed by atoms with Crippen molar-refractivity contribution in [3.8, 4) is 0 Å². The third-order valence-electron chi connectivity index (χ3n) is 3.71. The van der Waals surface area contributed by atoms with E-state index in [0.29, 0.717) is 6.04 Å². The average molecular weight is 262 g/mol. The number of nitrogens with two attached hydrogens (primary N) is 1. The molecule has 2 N–H and O–H groups in total. The molecule has 1 aliphatic rings. The van der Waals surface area contributed by atoms with Gasteiger partial charge < -0.3 is 5.73 Å². The lowest BCUT2D eigenvalue weighted by Crippen LogP contribution is -2.24. The van der Waals surface area contributed by atoms with E-state index in [1.54, 1.807) is 17.5 Å². The molecule has 0 spiro atoms. The number of nitrogens with zero attached hydrogens (tertiary/aromatic N) is 3. The van der Waals surface area contributed by atoms with Gasteiger partial charge in [-0.1, -0.05) is 11.3 Å². The summed E-state index contributed by atoms with van der Waals surface area (Å²) in [7, 11) is 0. The first kappa shape index (κ1) is 11.9. The minimum absolute atomic E-state index is 0.333. The Bertz CT molecular complexity index is 572. The van der Waals surface area contributed by atoms with Crippen LogP contribution in [-0.4, -0.2) is 28.0 Å². The molecule has 2 aromatic heterocycles. The molecule has 1 aliphatic heterocycles. The van der Waals surface area contributed by atoms with E-state index in [1.165, 1.54) is 12.8 Å². The van der Waals surface area contributed by atoms with E-state index in [0.717, 1.165) is 39.7 Å². The molecule has 1 fully saturated rings. The first-order chi connectivity index (χ1) is 8.66. The predicted octanol–water partition coefficient (Wildman–Crippen LogP) is 2.74. The van der Waals surface area contributed by atoms with Gasteiger partial charge in [-0.3, -0.25) is 4.90 Å². The molecule has 0 aliphatic carbocycles. The molecule has 0 bridgehead atoms. The summed E-state index contributed by atoms with van der Waals surface area (Å²) in [5.74, 6) is 0. The van der Waals surface area contributed by atoms with Crippen molar-refractivity contribution in [1.29, 1.82) is 0 Å². The normalized spacial score (nSPS) is 18.6. The molecule has 3 heterocycles. The minimum atomic E-state index is 0.333. The first-order valence-electron chi connectivity index (χ1n) is 6.42. The highest BCUT2D eigenvalue weighted by atomic mass is 32.1. The molecule has 0 amide bonds. The molecule has 3 rings (SSSR count). The van der Waals surface area contributed by atoms with Crippen molar-refractivity contribution in [2.24, 2.45) is 0 Å². The molecular formula is C13H18N4S. The summed E-state index contributed by atoms with van der Waals surface area (Å²) in [5, 5.41) is 1.05. The Hall–Kier alpha value is -1.20. The largest absolute Gasteiger partial charge is 0.397 e. The van der Waals surface area contributed by atoms with Crippen LogP contribution in [0.25, 0.3) is 10.3 Å². The summed E-state index contributed by atoms with van der Waals surface area (Å²) in [6, 6.07) is 0.333. The highest BCUT2D eigenvalue weighted by Crippen LogP contribution is 2.34. The van der Waals surface area contributed by atoms with Crippen LogP contribution in [0.15, 0.2) is 6.20 Å². The van der Waals surface area contributed by atoms with E-state index in [9.17, 15) is 0 Å². The Morgan fingerprint density at radius 1 is 1.39 bits per heavy atom. The van der Waals surface area contributed by atoms with E-state index < -0.39 is 0 Å². The van der Waals surface area contributed by atoms with Crippen molar-refractivity contribution in [3.63, 3.8) is 0 Å². The van der Waals surface area contributed by atoms with Gasteiger partial charge in [0.15, 0.2) is 0 Å². The maximum atomic E-state index is 6.14. The molecule has 0 radical (unpaired) electrons. The van der Waals surface area contributed by atoms with Crippen LogP contribution in [0.2, 0.25) is 0 Å². The van der Waals surface area contributed by atoms with Crippen LogP contribution in [0.4, 0.5) is 5.69 Å². The molecule has 2 aromatic rings. The van der Waals surface area contributed by atoms with Gasteiger partial charge in [0.25, 0.3) is 0 Å². The van der Waals surface area contributed by atoms with Crippen LogP contribution in [0.1, 0.15) is 36.4 Å². The molecule has 5 heteroatoms. The Kier molecular flexibility index (Phi) is 2.95. The quantitative estimate of drug-likeness (QED) is 0.904. The highest BCUT2D eigenvalue weighted by molar-refractivity contribution is 7.18. The van der Waals surface area contributed by atoms with Crippen LogP contribution in [0.3, 0.4) is 0 Å². The van der Waals surface area contributed by atoms with E-state index in [1.807, 2.05) is 6.92 Å². The van der Waals surface area contributed by atoms with Gasteiger partial charge in [0, 0.05) is 11.6 Å². The molecular weight excluding hydrogens is 244 g/mol. The van der Waals surface area contributed by atoms with Gasteiger partial charge in [-0.25, -0.2) is 9.97 Å². The van der Waals surface area contributed by atoms with Gasteiger partial charge in [-0.15, -0.1) is 0 Å². The monoisotopic (exact) mass is 262 g/mol. The van der Waals surface area contributed by atoms with Crippen LogP contribution < -0.4 is 5.73 Å². The van der Waals surface area contributed by atoms with Gasteiger partial charge >= 0.3 is 0 Å². The number of hydrogen-bond acceptors (Lipinski definition) is 5. The molecule has 1 atom stereocenters. The van der Waals surface area contributed by atoms with Crippen LogP contribution in [-0.2, 0) is 0 Å². The summed E-state index contributed by atoms with van der Waals surface area (Å²) >= 11 is 1.64. The zero-order chi connectivity index (χ0) is 12.7. The number of hydrogen-bond donors (Lipinski definition) is 1. The van der Waals surface area contributed by atoms with Crippen molar-refractivity contribution in [2.45, 2.75) is 32.7 Å². The fourth-order valence-corrected chi connectivity index (χ4v) is 3.54. The van der Waals surface area contributed by atoms with Crippen LogP contribution in [0.5, 0.6) is 0 Å². The molecule has 4 nitrogen and oxygen atoms in total. The van der Waals surface area contributed by atoms with E-state index in [-0.39, 0.29) is 0 Å². The molecule has 96 valence electrons. The van der Waals surface area contributed by atoms with E-state index in [2.05, 4.69) is 21.8 Å². The molecule has 1 saturated heterocycles. The Labute approximate surface area is 111 Å². The molecule has 0 aromatic carbocycles. The second kappa shape index (κ2) is 4.48.